The maximum absolute atomic E-state index is 13.1. The first-order valence-corrected chi connectivity index (χ1v) is 13.9. The number of carbonyl (C=O) groups is 2. The van der Waals surface area contributed by atoms with Crippen LogP contribution in [0.4, 0.5) is 28.4 Å². The van der Waals surface area contributed by atoms with Crippen LogP contribution in [0.1, 0.15) is 11.1 Å². The van der Waals surface area contributed by atoms with Crippen LogP contribution < -0.4 is 21.7 Å². The average Bonchev–Trinajstić information content (AvgIpc) is 3.01. The molecule has 2 saturated heterocycles. The third-order valence-corrected chi connectivity index (χ3v) is 7.31. The highest BCUT2D eigenvalue weighted by atomic mass is 19.4. The highest BCUT2D eigenvalue weighted by Crippen LogP contribution is 2.31. The van der Waals surface area contributed by atoms with E-state index in [0.717, 1.165) is 18.2 Å². The van der Waals surface area contributed by atoms with E-state index < -0.39 is 92.0 Å². The number of alkyl halides is 3. The number of urea groups is 1. The second-order valence-corrected chi connectivity index (χ2v) is 10.5. The third kappa shape index (κ3) is 8.80. The topological polar surface area (TPSA) is 214 Å². The Morgan fingerprint density at radius 3 is 2.36 bits per heavy atom. The van der Waals surface area contributed by atoms with E-state index in [1.165, 1.54) is 6.07 Å². The first-order valence-electron chi connectivity index (χ1n) is 13.9. The number of halogens is 3. The SMILES string of the molecule is N[C@@H]1[C@H](O[C@@H]2O[C@H](CO)[C@@H](O)[C@H](O)[C@H]2NC(=O)OCc2ccccc2)[C@@H](NC(=O)Nc2cccc(C(F)(F)F)c2)CO[C@@H]1CO. The molecule has 0 aromatic heterocycles. The minimum atomic E-state index is -4.64. The number of hydrogen-bond acceptors (Lipinski definition) is 11. The predicted octanol–water partition coefficient (Wildman–Crippen LogP) is 0.0331. The van der Waals surface area contributed by atoms with Crippen LogP contribution in [0.25, 0.3) is 0 Å². The summed E-state index contributed by atoms with van der Waals surface area (Å²) in [5, 5.41) is 48.0. The Labute approximate surface area is 255 Å². The van der Waals surface area contributed by atoms with Gasteiger partial charge in [-0.3, -0.25) is 0 Å². The lowest BCUT2D eigenvalue weighted by Gasteiger charge is -2.46. The Bertz CT molecular complexity index is 1280. The van der Waals surface area contributed by atoms with Gasteiger partial charge in [0.15, 0.2) is 6.29 Å². The van der Waals surface area contributed by atoms with E-state index in [2.05, 4.69) is 16.0 Å². The monoisotopic (exact) mass is 644 g/mol. The van der Waals surface area contributed by atoms with Gasteiger partial charge in [0.2, 0.25) is 0 Å². The van der Waals surface area contributed by atoms with Crippen LogP contribution >= 0.6 is 0 Å². The molecule has 2 heterocycles. The lowest BCUT2D eigenvalue weighted by atomic mass is 9.94. The van der Waals surface area contributed by atoms with Crippen molar-refractivity contribution in [2.24, 2.45) is 5.73 Å². The number of carbonyl (C=O) groups excluding carboxylic acids is 2. The van der Waals surface area contributed by atoms with Gasteiger partial charge < -0.3 is 61.1 Å². The number of anilines is 1. The first-order chi connectivity index (χ1) is 21.4. The van der Waals surface area contributed by atoms with E-state index in [4.69, 9.17) is 24.7 Å². The van der Waals surface area contributed by atoms with Crippen LogP contribution in [0, 0.1) is 0 Å². The van der Waals surface area contributed by atoms with E-state index in [9.17, 15) is 43.2 Å². The molecule has 0 radical (unpaired) electrons. The number of nitrogens with two attached hydrogens (primary N) is 1. The molecule has 0 unspecified atom stereocenters. The molecule has 2 aromatic rings. The summed E-state index contributed by atoms with van der Waals surface area (Å²) < 4.78 is 61.8. The van der Waals surface area contributed by atoms with Crippen LogP contribution in [-0.4, -0.2) is 107 Å². The van der Waals surface area contributed by atoms with Crippen molar-refractivity contribution in [2.45, 2.75) is 67.7 Å². The van der Waals surface area contributed by atoms with E-state index in [-0.39, 0.29) is 18.9 Å². The molecule has 2 fully saturated rings. The quantitative estimate of drug-likeness (QED) is 0.182. The average molecular weight is 645 g/mol. The van der Waals surface area contributed by atoms with Gasteiger partial charge >= 0.3 is 18.3 Å². The van der Waals surface area contributed by atoms with Crippen molar-refractivity contribution in [3.05, 3.63) is 65.7 Å². The summed E-state index contributed by atoms with van der Waals surface area (Å²) in [6.45, 7) is -1.70. The second kappa shape index (κ2) is 15.2. The van der Waals surface area contributed by atoms with Gasteiger partial charge in [0.05, 0.1) is 43.6 Å². The Morgan fingerprint density at radius 1 is 0.978 bits per heavy atom. The molecule has 0 saturated carbocycles. The fourth-order valence-corrected chi connectivity index (χ4v) is 4.91. The molecule has 17 heteroatoms. The number of aliphatic hydroxyl groups excluding tert-OH is 4. The van der Waals surface area contributed by atoms with Crippen molar-refractivity contribution in [2.75, 3.05) is 25.1 Å². The fraction of sp³-hybridized carbons (Fsp3) is 0.500. The Morgan fingerprint density at radius 2 is 1.69 bits per heavy atom. The summed E-state index contributed by atoms with van der Waals surface area (Å²) >= 11 is 0. The molecule has 9 N–H and O–H groups in total. The van der Waals surface area contributed by atoms with Crippen LogP contribution in [0.3, 0.4) is 0 Å². The van der Waals surface area contributed by atoms with Gasteiger partial charge in [-0.15, -0.1) is 0 Å². The third-order valence-electron chi connectivity index (χ3n) is 7.31. The number of rotatable bonds is 9. The minimum absolute atomic E-state index is 0.125. The highest BCUT2D eigenvalue weighted by molar-refractivity contribution is 5.89. The highest BCUT2D eigenvalue weighted by Gasteiger charge is 2.49. The maximum atomic E-state index is 13.1. The fourth-order valence-electron chi connectivity index (χ4n) is 4.91. The Balaban J connectivity index is 1.50. The zero-order valence-electron chi connectivity index (χ0n) is 23.7. The van der Waals surface area contributed by atoms with Crippen LogP contribution in [0.5, 0.6) is 0 Å². The summed E-state index contributed by atoms with van der Waals surface area (Å²) in [6, 6.07) is 7.97. The molecule has 2 aliphatic rings. The zero-order valence-corrected chi connectivity index (χ0v) is 23.7. The molecule has 2 aromatic carbocycles. The molecule has 0 bridgehead atoms. The molecule has 2 aliphatic heterocycles. The van der Waals surface area contributed by atoms with Gasteiger partial charge in [0.25, 0.3) is 0 Å². The second-order valence-electron chi connectivity index (χ2n) is 10.5. The summed E-state index contributed by atoms with van der Waals surface area (Å²) in [5.41, 5.74) is 5.82. The van der Waals surface area contributed by atoms with Gasteiger partial charge in [0.1, 0.15) is 37.1 Å². The molecule has 0 aliphatic carbocycles. The van der Waals surface area contributed by atoms with Gasteiger partial charge in [-0.2, -0.15) is 13.2 Å². The molecule has 248 valence electrons. The van der Waals surface area contributed by atoms with Gasteiger partial charge in [-0.05, 0) is 23.8 Å². The molecule has 0 spiro atoms. The van der Waals surface area contributed by atoms with E-state index in [1.807, 2.05) is 0 Å². The first kappa shape index (κ1) is 34.3. The normalized spacial score (nSPS) is 30.3. The number of alkyl carbamates (subject to hydrolysis) is 1. The van der Waals surface area contributed by atoms with E-state index >= 15 is 0 Å². The zero-order chi connectivity index (χ0) is 32.7. The standard InChI is InChI=1S/C28H35F3N4O10/c29-28(30,31)15-7-4-8-16(9-15)33-26(40)34-17-13-42-18(10-36)20(32)24(17)45-25-21(23(39)22(38)19(11-37)44-25)35-27(41)43-12-14-5-2-1-3-6-14/h1-9,17-25,36-39H,10-13,32H2,(H,35,41)(H2,33,34,40)/t17-,18+,19+,20-,21+,22+,23+,24+,25-/m0/s1. The smallest absolute Gasteiger partial charge is 0.416 e. The molecule has 4 rings (SSSR count). The lowest BCUT2D eigenvalue weighted by Crippen LogP contribution is -2.69. The number of ether oxygens (including phenoxy) is 4. The number of amides is 3. The van der Waals surface area contributed by atoms with Crippen molar-refractivity contribution in [1.82, 2.24) is 10.6 Å². The number of benzene rings is 2. The van der Waals surface area contributed by atoms with Crippen molar-refractivity contribution >= 4 is 17.8 Å². The molecular weight excluding hydrogens is 609 g/mol. The van der Waals surface area contributed by atoms with Crippen LogP contribution in [-0.2, 0) is 31.7 Å². The van der Waals surface area contributed by atoms with Crippen LogP contribution in [0.2, 0.25) is 0 Å². The van der Waals surface area contributed by atoms with Crippen molar-refractivity contribution < 1.29 is 62.1 Å². The molecule has 3 amide bonds. The van der Waals surface area contributed by atoms with Gasteiger partial charge in [0, 0.05) is 5.69 Å². The van der Waals surface area contributed by atoms with Crippen molar-refractivity contribution in [3.63, 3.8) is 0 Å². The van der Waals surface area contributed by atoms with E-state index in [1.54, 1.807) is 30.3 Å². The summed E-state index contributed by atoms with van der Waals surface area (Å²) in [4.78, 5) is 25.5. The Kier molecular flexibility index (Phi) is 11.6. The van der Waals surface area contributed by atoms with Crippen LogP contribution in [0.15, 0.2) is 54.6 Å². The van der Waals surface area contributed by atoms with E-state index in [0.29, 0.717) is 5.56 Å². The minimum Gasteiger partial charge on any atom is -0.445 e. The van der Waals surface area contributed by atoms with Gasteiger partial charge in [-0.25, -0.2) is 9.59 Å². The molecular formula is C28H35F3N4O10. The predicted molar refractivity (Wildman–Crippen MR) is 148 cm³/mol. The Hall–Kier alpha value is -3.55. The number of hydrogen-bond donors (Lipinski definition) is 8. The lowest BCUT2D eigenvalue weighted by molar-refractivity contribution is -0.293. The summed E-state index contributed by atoms with van der Waals surface area (Å²) in [5.74, 6) is 0. The largest absolute Gasteiger partial charge is 0.445 e. The maximum Gasteiger partial charge on any atom is 0.416 e. The van der Waals surface area contributed by atoms with Crippen molar-refractivity contribution in [3.8, 4) is 0 Å². The molecule has 14 nitrogen and oxygen atoms in total. The molecule has 45 heavy (non-hydrogen) atoms. The number of aliphatic hydroxyl groups is 4. The van der Waals surface area contributed by atoms with Gasteiger partial charge in [-0.1, -0.05) is 36.4 Å². The summed E-state index contributed by atoms with van der Waals surface area (Å²) in [6.07, 6.45) is -14.2. The molecule has 9 atom stereocenters. The summed E-state index contributed by atoms with van der Waals surface area (Å²) in [7, 11) is 0. The van der Waals surface area contributed by atoms with Crippen molar-refractivity contribution in [1.29, 1.82) is 0 Å². The number of nitrogens with one attached hydrogen (secondary N) is 3.